The molecule has 0 aromatic carbocycles. The third kappa shape index (κ3) is 6.10. The predicted molar refractivity (Wildman–Crippen MR) is 138 cm³/mol. The second kappa shape index (κ2) is 11.6. The molecule has 39 heavy (non-hydrogen) atoms. The fourth-order valence-corrected chi connectivity index (χ4v) is 6.72. The van der Waals surface area contributed by atoms with E-state index in [2.05, 4.69) is 0 Å². The summed E-state index contributed by atoms with van der Waals surface area (Å²) in [5, 5.41) is 49.4. The molecule has 3 rings (SSSR count). The number of hydrogen-bond donors (Lipinski definition) is 5. The summed E-state index contributed by atoms with van der Waals surface area (Å²) in [6, 6.07) is -1.38. The molecule has 0 radical (unpaired) electrons. The first-order chi connectivity index (χ1) is 18.1. The van der Waals surface area contributed by atoms with Crippen LogP contribution in [-0.4, -0.2) is 91.3 Å². The monoisotopic (exact) mass is 549 g/mol. The van der Waals surface area contributed by atoms with Gasteiger partial charge in [-0.1, -0.05) is 45.4 Å². The Hall–Kier alpha value is -3.02. The topological polar surface area (TPSA) is 182 Å². The minimum Gasteiger partial charge on any atom is -0.481 e. The van der Waals surface area contributed by atoms with Gasteiger partial charge >= 0.3 is 17.9 Å². The smallest absolute Gasteiger partial charge is 0.331 e. The average Bonchev–Trinajstić information content (AvgIpc) is 3.17. The van der Waals surface area contributed by atoms with E-state index in [0.29, 0.717) is 17.6 Å². The molecule has 1 amide bonds. The highest BCUT2D eigenvalue weighted by molar-refractivity contribution is 6.01. The normalized spacial score (nSPS) is 30.7. The molecular formula is C28H39NO10. The summed E-state index contributed by atoms with van der Waals surface area (Å²) in [5.74, 6) is -4.23. The van der Waals surface area contributed by atoms with Crippen LogP contribution in [0, 0.1) is 16.7 Å². The number of aliphatic hydroxyl groups excluding tert-OH is 3. The highest BCUT2D eigenvalue weighted by Gasteiger charge is 2.62. The number of nitrogens with zero attached hydrogens (tertiary/aromatic N) is 1. The zero-order valence-corrected chi connectivity index (χ0v) is 22.7. The predicted octanol–water partition coefficient (Wildman–Crippen LogP) is 1.42. The number of ether oxygens (including phenoxy) is 1. The summed E-state index contributed by atoms with van der Waals surface area (Å²) in [7, 11) is 0. The van der Waals surface area contributed by atoms with E-state index >= 15 is 0 Å². The van der Waals surface area contributed by atoms with Crippen molar-refractivity contribution >= 4 is 23.8 Å². The lowest BCUT2D eigenvalue weighted by molar-refractivity contribution is -0.170. The van der Waals surface area contributed by atoms with E-state index in [1.807, 2.05) is 20.8 Å². The van der Waals surface area contributed by atoms with Crippen molar-refractivity contribution in [3.63, 3.8) is 0 Å². The number of carboxylic acids is 2. The number of fused-ring (bicyclic) bond motifs is 2. The highest BCUT2D eigenvalue weighted by atomic mass is 16.6. The number of esters is 1. The molecule has 0 bridgehead atoms. The molecule has 1 fully saturated rings. The molecule has 0 saturated heterocycles. The summed E-state index contributed by atoms with van der Waals surface area (Å²) in [6.07, 6.45) is 2.13. The van der Waals surface area contributed by atoms with Crippen LogP contribution in [-0.2, 0) is 23.9 Å². The first-order valence-electron chi connectivity index (χ1n) is 13.2. The van der Waals surface area contributed by atoms with Crippen LogP contribution >= 0.6 is 0 Å². The van der Waals surface area contributed by atoms with Gasteiger partial charge in [0.2, 0.25) is 0 Å². The highest BCUT2D eigenvalue weighted by Crippen LogP contribution is 2.61. The first kappa shape index (κ1) is 30.5. The van der Waals surface area contributed by atoms with Crippen molar-refractivity contribution in [3.05, 3.63) is 35.5 Å². The molecule has 0 spiro atoms. The minimum absolute atomic E-state index is 0.196. The van der Waals surface area contributed by atoms with Crippen molar-refractivity contribution in [2.45, 2.75) is 90.3 Å². The fraction of sp³-hybridized carbons (Fsp3) is 0.643. The van der Waals surface area contributed by atoms with Crippen LogP contribution in [0.5, 0.6) is 0 Å². The SMILES string of the molecule is C[C@H](O)[C@H](O)/C=C/C=C/C(=O)O[C@@H]1[C@H](O)C2=C(C(=O)N([C@@H](CCC(=O)O)C(=O)O)C2)[C@@]2(C)CCCC(C)(C)[C@H]12. The van der Waals surface area contributed by atoms with E-state index in [-0.39, 0.29) is 13.0 Å². The number of rotatable bonds is 10. The van der Waals surface area contributed by atoms with Crippen LogP contribution in [0.3, 0.4) is 0 Å². The largest absolute Gasteiger partial charge is 0.481 e. The Labute approximate surface area is 227 Å². The summed E-state index contributed by atoms with van der Waals surface area (Å²) < 4.78 is 5.81. The summed E-state index contributed by atoms with van der Waals surface area (Å²) in [6.45, 7) is 7.11. The van der Waals surface area contributed by atoms with Crippen molar-refractivity contribution in [1.29, 1.82) is 0 Å². The van der Waals surface area contributed by atoms with Crippen LogP contribution in [0.2, 0.25) is 0 Å². The maximum absolute atomic E-state index is 13.7. The maximum atomic E-state index is 13.7. The lowest BCUT2D eigenvalue weighted by Crippen LogP contribution is -2.58. The minimum atomic E-state index is -1.38. The number of carboxylic acid groups (broad SMARTS) is 2. The summed E-state index contributed by atoms with van der Waals surface area (Å²) >= 11 is 0. The Balaban J connectivity index is 1.94. The Bertz CT molecular complexity index is 1090. The van der Waals surface area contributed by atoms with Crippen molar-refractivity contribution < 1.29 is 49.4 Å². The summed E-state index contributed by atoms with van der Waals surface area (Å²) in [4.78, 5) is 50.8. The number of hydrogen-bond acceptors (Lipinski definition) is 8. The molecule has 11 heteroatoms. The molecule has 1 saturated carbocycles. The lowest BCUT2D eigenvalue weighted by Gasteiger charge is -2.57. The van der Waals surface area contributed by atoms with Gasteiger partial charge in [-0.3, -0.25) is 9.59 Å². The van der Waals surface area contributed by atoms with Gasteiger partial charge in [0.05, 0.1) is 12.2 Å². The maximum Gasteiger partial charge on any atom is 0.331 e. The molecule has 0 unspecified atom stereocenters. The Morgan fingerprint density at radius 3 is 2.38 bits per heavy atom. The molecule has 2 aliphatic carbocycles. The molecule has 216 valence electrons. The van der Waals surface area contributed by atoms with Crippen molar-refractivity contribution in [2.75, 3.05) is 6.54 Å². The Kier molecular flexibility index (Phi) is 9.09. The molecular weight excluding hydrogens is 510 g/mol. The van der Waals surface area contributed by atoms with Gasteiger partial charge in [0.25, 0.3) is 5.91 Å². The van der Waals surface area contributed by atoms with E-state index in [0.717, 1.165) is 23.8 Å². The zero-order valence-electron chi connectivity index (χ0n) is 22.7. The van der Waals surface area contributed by atoms with Crippen LogP contribution < -0.4 is 0 Å². The molecule has 0 aromatic rings. The van der Waals surface area contributed by atoms with Gasteiger partial charge in [-0.25, -0.2) is 9.59 Å². The van der Waals surface area contributed by atoms with Crippen LogP contribution in [0.15, 0.2) is 35.5 Å². The third-order valence-electron chi connectivity index (χ3n) is 8.44. The third-order valence-corrected chi connectivity index (χ3v) is 8.44. The van der Waals surface area contributed by atoms with Gasteiger partial charge in [-0.2, -0.15) is 0 Å². The fourth-order valence-electron chi connectivity index (χ4n) is 6.72. The molecule has 1 heterocycles. The molecule has 11 nitrogen and oxygen atoms in total. The second-order valence-electron chi connectivity index (χ2n) is 11.7. The second-order valence-corrected chi connectivity index (χ2v) is 11.7. The van der Waals surface area contributed by atoms with Gasteiger partial charge in [0.1, 0.15) is 18.2 Å². The van der Waals surface area contributed by atoms with Crippen LogP contribution in [0.1, 0.15) is 59.8 Å². The van der Waals surface area contributed by atoms with Gasteiger partial charge in [-0.05, 0) is 37.2 Å². The average molecular weight is 550 g/mol. The van der Waals surface area contributed by atoms with Gasteiger partial charge < -0.3 is 35.2 Å². The first-order valence-corrected chi connectivity index (χ1v) is 13.2. The van der Waals surface area contributed by atoms with Crippen LogP contribution in [0.25, 0.3) is 0 Å². The van der Waals surface area contributed by atoms with Gasteiger partial charge in [-0.15, -0.1) is 0 Å². The van der Waals surface area contributed by atoms with Crippen molar-refractivity contribution in [3.8, 4) is 0 Å². The van der Waals surface area contributed by atoms with Gasteiger partial charge in [0, 0.05) is 35.9 Å². The molecule has 1 aliphatic heterocycles. The summed E-state index contributed by atoms with van der Waals surface area (Å²) in [5.41, 5.74) is -0.605. The Morgan fingerprint density at radius 1 is 1.13 bits per heavy atom. The van der Waals surface area contributed by atoms with Crippen LogP contribution in [0.4, 0.5) is 0 Å². The molecule has 0 aromatic heterocycles. The van der Waals surface area contributed by atoms with Crippen molar-refractivity contribution in [2.24, 2.45) is 16.7 Å². The number of aliphatic hydroxyl groups is 3. The lowest BCUT2D eigenvalue weighted by atomic mass is 9.49. The molecule has 3 aliphatic rings. The number of allylic oxidation sites excluding steroid dienone is 2. The Morgan fingerprint density at radius 2 is 1.79 bits per heavy atom. The van der Waals surface area contributed by atoms with Crippen molar-refractivity contribution in [1.82, 2.24) is 4.90 Å². The number of carbonyl (C=O) groups excluding carboxylic acids is 2. The molecule has 5 N–H and O–H groups in total. The van der Waals surface area contributed by atoms with E-state index in [1.165, 1.54) is 25.2 Å². The van der Waals surface area contributed by atoms with Gasteiger partial charge in [0.15, 0.2) is 0 Å². The standard InChI is InChI=1S/C28H39NO10/c1-15(30)18(31)8-5-6-9-20(34)39-23-22(35)16-14-29(17(26(37)38)10-11-19(32)33)25(36)21(16)28(4)13-7-12-27(2,3)24(23)28/h5-6,8-9,15,17-18,22-24,30-31,35H,7,10-14H2,1-4H3,(H,32,33)(H,37,38)/b8-5+,9-6+/t15-,17-,18+,22+,23+,24-,28+/m0/s1. The number of amides is 1. The van der Waals surface area contributed by atoms with E-state index in [4.69, 9.17) is 9.84 Å². The zero-order chi connectivity index (χ0) is 29.3. The molecule has 7 atom stereocenters. The number of aliphatic carboxylic acids is 2. The van der Waals surface area contributed by atoms with E-state index < -0.39 is 77.4 Å². The van der Waals surface area contributed by atoms with E-state index in [1.54, 1.807) is 0 Å². The van der Waals surface area contributed by atoms with E-state index in [9.17, 15) is 39.6 Å². The quantitative estimate of drug-likeness (QED) is 0.152. The number of carbonyl (C=O) groups is 4.